The van der Waals surface area contributed by atoms with E-state index in [-0.39, 0.29) is 23.9 Å². The van der Waals surface area contributed by atoms with Gasteiger partial charge in [-0.25, -0.2) is 8.42 Å². The van der Waals surface area contributed by atoms with Crippen molar-refractivity contribution in [2.45, 2.75) is 30.4 Å². The molecule has 3 aromatic rings. The number of carbonyl (C=O) groups excluding carboxylic acids is 1. The van der Waals surface area contributed by atoms with Gasteiger partial charge in [-0.15, -0.1) is 0 Å². The maximum atomic E-state index is 13.4. The summed E-state index contributed by atoms with van der Waals surface area (Å²) in [5, 5.41) is 3.42. The predicted octanol–water partition coefficient (Wildman–Crippen LogP) is 3.77. The van der Waals surface area contributed by atoms with Gasteiger partial charge in [0.1, 0.15) is 6.04 Å². The number of amides is 1. The van der Waals surface area contributed by atoms with Crippen molar-refractivity contribution in [1.82, 2.24) is 9.62 Å². The van der Waals surface area contributed by atoms with Gasteiger partial charge >= 0.3 is 0 Å². The molecule has 1 amide bonds. The van der Waals surface area contributed by atoms with Gasteiger partial charge in [-0.05, 0) is 41.3 Å². The normalized spacial score (nSPS) is 16.6. The Bertz CT molecular complexity index is 1170. The van der Waals surface area contributed by atoms with Gasteiger partial charge < -0.3 is 5.32 Å². The van der Waals surface area contributed by atoms with Gasteiger partial charge in [0.25, 0.3) is 0 Å². The van der Waals surface area contributed by atoms with E-state index in [1.54, 1.807) is 36.4 Å². The molecule has 154 valence electrons. The fraction of sp³-hybridized carbons (Fsp3) is 0.174. The van der Waals surface area contributed by atoms with Gasteiger partial charge in [-0.1, -0.05) is 72.3 Å². The Morgan fingerprint density at radius 2 is 1.57 bits per heavy atom. The summed E-state index contributed by atoms with van der Waals surface area (Å²) in [6.07, 6.45) is 0.316. The second-order valence-electron chi connectivity index (χ2n) is 7.16. The van der Waals surface area contributed by atoms with Crippen molar-refractivity contribution in [3.8, 4) is 0 Å². The molecule has 0 saturated heterocycles. The molecular formula is C23H21ClN2O3S. The van der Waals surface area contributed by atoms with E-state index >= 15 is 0 Å². The first-order chi connectivity index (χ1) is 14.5. The fourth-order valence-electron chi connectivity index (χ4n) is 3.64. The molecule has 1 N–H and O–H groups in total. The van der Waals surface area contributed by atoms with E-state index in [9.17, 15) is 13.2 Å². The molecule has 5 nitrogen and oxygen atoms in total. The Kier molecular flexibility index (Phi) is 5.90. The average molecular weight is 441 g/mol. The Hall–Kier alpha value is -2.67. The Balaban J connectivity index is 1.64. The van der Waals surface area contributed by atoms with E-state index in [0.29, 0.717) is 11.4 Å². The number of halogens is 1. The lowest BCUT2D eigenvalue weighted by molar-refractivity contribution is -0.125. The first-order valence-corrected chi connectivity index (χ1v) is 11.4. The molecule has 0 aliphatic carbocycles. The van der Waals surface area contributed by atoms with Crippen molar-refractivity contribution >= 4 is 27.5 Å². The minimum Gasteiger partial charge on any atom is -0.351 e. The van der Waals surface area contributed by atoms with E-state index in [1.807, 2.05) is 42.5 Å². The highest BCUT2D eigenvalue weighted by molar-refractivity contribution is 7.89. The van der Waals surface area contributed by atoms with E-state index in [1.165, 1.54) is 4.31 Å². The zero-order valence-corrected chi connectivity index (χ0v) is 17.7. The number of sulfonamides is 1. The van der Waals surface area contributed by atoms with Crippen LogP contribution < -0.4 is 5.32 Å². The van der Waals surface area contributed by atoms with Crippen molar-refractivity contribution in [1.29, 1.82) is 0 Å². The number of nitrogens with zero attached hydrogens (tertiary/aromatic N) is 1. The van der Waals surface area contributed by atoms with Crippen LogP contribution in [-0.4, -0.2) is 24.7 Å². The summed E-state index contributed by atoms with van der Waals surface area (Å²) < 4.78 is 28.0. The van der Waals surface area contributed by atoms with Crippen LogP contribution in [0.1, 0.15) is 16.7 Å². The summed E-state index contributed by atoms with van der Waals surface area (Å²) in [5.74, 6) is -0.344. The molecule has 0 radical (unpaired) electrons. The topological polar surface area (TPSA) is 66.5 Å². The number of nitrogens with one attached hydrogen (secondary N) is 1. The first-order valence-electron chi connectivity index (χ1n) is 9.61. The molecule has 0 saturated carbocycles. The largest absolute Gasteiger partial charge is 0.351 e. The smallest absolute Gasteiger partial charge is 0.244 e. The predicted molar refractivity (Wildman–Crippen MR) is 116 cm³/mol. The lowest BCUT2D eigenvalue weighted by Gasteiger charge is -2.35. The van der Waals surface area contributed by atoms with E-state index in [4.69, 9.17) is 11.6 Å². The molecule has 1 atom stereocenters. The van der Waals surface area contributed by atoms with Crippen molar-refractivity contribution in [3.05, 3.63) is 101 Å². The molecule has 0 unspecified atom stereocenters. The van der Waals surface area contributed by atoms with Crippen molar-refractivity contribution in [2.24, 2.45) is 0 Å². The molecular weight excluding hydrogens is 420 g/mol. The highest BCUT2D eigenvalue weighted by atomic mass is 35.5. The van der Waals surface area contributed by atoms with Crippen LogP contribution in [0.4, 0.5) is 0 Å². The van der Waals surface area contributed by atoms with Crippen LogP contribution in [0.5, 0.6) is 0 Å². The highest BCUT2D eigenvalue weighted by Crippen LogP contribution is 2.29. The highest BCUT2D eigenvalue weighted by Gasteiger charge is 2.39. The Labute approximate surface area is 181 Å². The Morgan fingerprint density at radius 1 is 0.933 bits per heavy atom. The SMILES string of the molecule is O=C(NCc1ccccc1Cl)[C@H]1Cc2ccccc2CN1S(=O)(=O)c1ccccc1. The second kappa shape index (κ2) is 8.60. The zero-order valence-electron chi connectivity index (χ0n) is 16.2. The maximum absolute atomic E-state index is 13.4. The van der Waals surface area contributed by atoms with Crippen LogP contribution >= 0.6 is 11.6 Å². The molecule has 3 aromatic carbocycles. The summed E-state index contributed by atoms with van der Waals surface area (Å²) in [5.41, 5.74) is 2.67. The summed E-state index contributed by atoms with van der Waals surface area (Å²) in [6.45, 7) is 0.382. The molecule has 4 rings (SSSR count). The third kappa shape index (κ3) is 4.12. The second-order valence-corrected chi connectivity index (χ2v) is 9.46. The summed E-state index contributed by atoms with van der Waals surface area (Å²) in [7, 11) is -3.84. The number of carbonyl (C=O) groups is 1. The monoisotopic (exact) mass is 440 g/mol. The van der Waals surface area contributed by atoms with Crippen LogP contribution in [-0.2, 0) is 34.3 Å². The Morgan fingerprint density at radius 3 is 2.30 bits per heavy atom. The maximum Gasteiger partial charge on any atom is 0.244 e. The average Bonchev–Trinajstić information content (AvgIpc) is 2.78. The molecule has 0 bridgehead atoms. The number of hydrogen-bond acceptors (Lipinski definition) is 3. The van der Waals surface area contributed by atoms with E-state index in [0.717, 1.165) is 16.7 Å². The van der Waals surface area contributed by atoms with Crippen LogP contribution in [0.3, 0.4) is 0 Å². The third-order valence-electron chi connectivity index (χ3n) is 5.27. The van der Waals surface area contributed by atoms with Gasteiger partial charge in [-0.3, -0.25) is 4.79 Å². The lowest BCUT2D eigenvalue weighted by atomic mass is 9.95. The van der Waals surface area contributed by atoms with E-state index in [2.05, 4.69) is 5.32 Å². The van der Waals surface area contributed by atoms with Gasteiger partial charge in [-0.2, -0.15) is 4.31 Å². The lowest BCUT2D eigenvalue weighted by Crippen LogP contribution is -2.52. The fourth-order valence-corrected chi connectivity index (χ4v) is 5.43. The summed E-state index contributed by atoms with van der Waals surface area (Å²) in [6, 6.07) is 22.3. The third-order valence-corrected chi connectivity index (χ3v) is 7.51. The van der Waals surface area contributed by atoms with Crippen molar-refractivity contribution < 1.29 is 13.2 Å². The number of fused-ring (bicyclic) bond motifs is 1. The minimum atomic E-state index is -3.84. The quantitative estimate of drug-likeness (QED) is 0.656. The van der Waals surface area contributed by atoms with Crippen LogP contribution in [0.25, 0.3) is 0 Å². The molecule has 1 aliphatic rings. The molecule has 0 spiro atoms. The zero-order chi connectivity index (χ0) is 21.1. The molecule has 7 heteroatoms. The van der Waals surface area contributed by atoms with Crippen molar-refractivity contribution in [3.63, 3.8) is 0 Å². The summed E-state index contributed by atoms with van der Waals surface area (Å²) >= 11 is 6.18. The molecule has 30 heavy (non-hydrogen) atoms. The molecule has 1 aliphatic heterocycles. The number of rotatable bonds is 5. The number of hydrogen-bond donors (Lipinski definition) is 1. The molecule has 1 heterocycles. The van der Waals surface area contributed by atoms with Crippen LogP contribution in [0, 0.1) is 0 Å². The van der Waals surface area contributed by atoms with Gasteiger partial charge in [0, 0.05) is 18.1 Å². The number of benzene rings is 3. The van der Waals surface area contributed by atoms with Crippen LogP contribution in [0.2, 0.25) is 5.02 Å². The molecule has 0 aromatic heterocycles. The standard InChI is InChI=1S/C23H21ClN2O3S/c24-21-13-7-6-9-18(21)15-25-23(27)22-14-17-8-4-5-10-19(17)16-26(22)30(28,29)20-11-2-1-3-12-20/h1-13,22H,14-16H2,(H,25,27)/t22-/m1/s1. The van der Waals surface area contributed by atoms with E-state index < -0.39 is 16.1 Å². The van der Waals surface area contributed by atoms with Gasteiger partial charge in [0.2, 0.25) is 15.9 Å². The molecule has 0 fully saturated rings. The van der Waals surface area contributed by atoms with Crippen LogP contribution in [0.15, 0.2) is 83.8 Å². The van der Waals surface area contributed by atoms with Gasteiger partial charge in [0.05, 0.1) is 4.90 Å². The van der Waals surface area contributed by atoms with Gasteiger partial charge in [0.15, 0.2) is 0 Å². The first kappa shape index (κ1) is 20.6. The van der Waals surface area contributed by atoms with Crippen molar-refractivity contribution in [2.75, 3.05) is 0 Å². The minimum absolute atomic E-state index is 0.150. The summed E-state index contributed by atoms with van der Waals surface area (Å²) in [4.78, 5) is 13.3.